The Labute approximate surface area is 114 Å². The van der Waals surface area contributed by atoms with Gasteiger partial charge in [0.1, 0.15) is 0 Å². The summed E-state index contributed by atoms with van der Waals surface area (Å²) in [5.41, 5.74) is 0.337. The molecule has 0 radical (unpaired) electrons. The molecule has 0 bridgehead atoms. The second kappa shape index (κ2) is 5.59. The molecule has 1 N–H and O–H groups in total. The van der Waals surface area contributed by atoms with Crippen molar-refractivity contribution in [1.29, 1.82) is 0 Å². The molecular weight excluding hydrogens is 240 g/mol. The van der Waals surface area contributed by atoms with E-state index in [9.17, 15) is 0 Å². The molecule has 2 aliphatic rings. The average Bonchev–Trinajstić information content (AvgIpc) is 2.90. The van der Waals surface area contributed by atoms with Crippen molar-refractivity contribution in [3.05, 3.63) is 11.7 Å². The number of nitrogens with zero attached hydrogens (tertiary/aromatic N) is 3. The summed E-state index contributed by atoms with van der Waals surface area (Å²) >= 11 is 0. The third-order valence-electron chi connectivity index (χ3n) is 4.61. The van der Waals surface area contributed by atoms with Crippen molar-refractivity contribution in [2.75, 3.05) is 19.6 Å². The average molecular weight is 264 g/mol. The van der Waals surface area contributed by atoms with E-state index < -0.39 is 0 Å². The fourth-order valence-corrected chi connectivity index (χ4v) is 3.50. The Morgan fingerprint density at radius 3 is 2.89 bits per heavy atom. The molecule has 1 aromatic rings. The molecule has 2 fully saturated rings. The lowest BCUT2D eigenvalue weighted by Gasteiger charge is -2.49. The van der Waals surface area contributed by atoms with Gasteiger partial charge in [0, 0.05) is 31.6 Å². The van der Waals surface area contributed by atoms with Gasteiger partial charge in [-0.3, -0.25) is 4.90 Å². The van der Waals surface area contributed by atoms with E-state index in [0.717, 1.165) is 44.3 Å². The van der Waals surface area contributed by atoms with Gasteiger partial charge in [-0.1, -0.05) is 31.3 Å². The van der Waals surface area contributed by atoms with Crippen LogP contribution in [0.3, 0.4) is 0 Å². The van der Waals surface area contributed by atoms with Gasteiger partial charge in [0.15, 0.2) is 5.82 Å². The maximum absolute atomic E-state index is 5.23. The largest absolute Gasteiger partial charge is 0.339 e. The van der Waals surface area contributed by atoms with Crippen molar-refractivity contribution in [3.8, 4) is 0 Å². The van der Waals surface area contributed by atoms with Gasteiger partial charge < -0.3 is 9.84 Å². The molecule has 5 heteroatoms. The number of aryl methyl sites for hydroxylation is 1. The standard InChI is InChI=1S/C14H24N4O/c1-2-13-16-12(17-19-13)10-18-9-8-15-11-14(18)6-4-3-5-7-14/h15H,2-11H2,1H3. The first-order chi connectivity index (χ1) is 9.32. The smallest absolute Gasteiger partial charge is 0.226 e. The highest BCUT2D eigenvalue weighted by Crippen LogP contribution is 2.35. The number of piperazine rings is 1. The van der Waals surface area contributed by atoms with Crippen LogP contribution in [0.25, 0.3) is 0 Å². The van der Waals surface area contributed by atoms with E-state index in [1.165, 1.54) is 32.1 Å². The Morgan fingerprint density at radius 1 is 1.32 bits per heavy atom. The predicted octanol–water partition coefficient (Wildman–Crippen LogP) is 1.74. The third kappa shape index (κ3) is 2.67. The fraction of sp³-hybridized carbons (Fsp3) is 0.857. The molecule has 1 saturated heterocycles. The summed E-state index contributed by atoms with van der Waals surface area (Å²) in [7, 11) is 0. The van der Waals surface area contributed by atoms with Crippen molar-refractivity contribution in [1.82, 2.24) is 20.4 Å². The zero-order valence-corrected chi connectivity index (χ0v) is 11.8. The molecule has 0 amide bonds. The summed E-state index contributed by atoms with van der Waals surface area (Å²) in [6.45, 7) is 6.16. The molecule has 1 spiro atoms. The minimum absolute atomic E-state index is 0.337. The lowest BCUT2D eigenvalue weighted by molar-refractivity contribution is 0.0184. The van der Waals surface area contributed by atoms with E-state index >= 15 is 0 Å². The summed E-state index contributed by atoms with van der Waals surface area (Å²) in [5, 5.41) is 7.68. The van der Waals surface area contributed by atoms with Gasteiger partial charge in [-0.2, -0.15) is 4.98 Å². The van der Waals surface area contributed by atoms with Gasteiger partial charge in [-0.25, -0.2) is 0 Å². The first-order valence-electron chi connectivity index (χ1n) is 7.60. The van der Waals surface area contributed by atoms with Crippen molar-refractivity contribution >= 4 is 0 Å². The Bertz CT molecular complexity index is 403. The highest BCUT2D eigenvalue weighted by Gasteiger charge is 2.40. The number of nitrogens with one attached hydrogen (secondary N) is 1. The lowest BCUT2D eigenvalue weighted by Crippen LogP contribution is -2.61. The van der Waals surface area contributed by atoms with Gasteiger partial charge in [-0.05, 0) is 12.8 Å². The monoisotopic (exact) mass is 264 g/mol. The van der Waals surface area contributed by atoms with E-state index in [0.29, 0.717) is 5.54 Å². The van der Waals surface area contributed by atoms with Crippen LogP contribution in [0.4, 0.5) is 0 Å². The van der Waals surface area contributed by atoms with Gasteiger partial charge in [-0.15, -0.1) is 0 Å². The molecule has 1 aliphatic carbocycles. The van der Waals surface area contributed by atoms with Gasteiger partial charge in [0.2, 0.25) is 5.89 Å². The van der Waals surface area contributed by atoms with Crippen molar-refractivity contribution < 1.29 is 4.52 Å². The number of hydrogen-bond donors (Lipinski definition) is 1. The molecular formula is C14H24N4O. The van der Waals surface area contributed by atoms with Gasteiger partial charge in [0.05, 0.1) is 6.54 Å². The number of rotatable bonds is 3. The number of hydrogen-bond acceptors (Lipinski definition) is 5. The normalized spacial score (nSPS) is 23.8. The van der Waals surface area contributed by atoms with Crippen LogP contribution in [0.2, 0.25) is 0 Å². The Hall–Kier alpha value is -0.940. The van der Waals surface area contributed by atoms with Gasteiger partial charge in [0.25, 0.3) is 0 Å². The van der Waals surface area contributed by atoms with Crippen LogP contribution in [0.5, 0.6) is 0 Å². The zero-order chi connectivity index (χ0) is 13.1. The van der Waals surface area contributed by atoms with Crippen molar-refractivity contribution in [2.45, 2.75) is 57.5 Å². The topological polar surface area (TPSA) is 54.2 Å². The number of aromatic nitrogens is 2. The molecule has 19 heavy (non-hydrogen) atoms. The summed E-state index contributed by atoms with van der Waals surface area (Å²) in [5.74, 6) is 1.60. The fourth-order valence-electron chi connectivity index (χ4n) is 3.50. The van der Waals surface area contributed by atoms with Crippen molar-refractivity contribution in [2.24, 2.45) is 0 Å². The Morgan fingerprint density at radius 2 is 2.16 bits per heavy atom. The van der Waals surface area contributed by atoms with E-state index in [1.807, 2.05) is 6.92 Å². The maximum atomic E-state index is 5.23. The minimum Gasteiger partial charge on any atom is -0.339 e. The zero-order valence-electron chi connectivity index (χ0n) is 11.8. The maximum Gasteiger partial charge on any atom is 0.226 e. The molecule has 1 aliphatic heterocycles. The summed E-state index contributed by atoms with van der Waals surface area (Å²) in [6.07, 6.45) is 7.52. The molecule has 0 atom stereocenters. The van der Waals surface area contributed by atoms with E-state index in [-0.39, 0.29) is 0 Å². The Balaban J connectivity index is 1.73. The SMILES string of the molecule is CCc1nc(CN2CCNCC23CCCCC3)no1. The highest BCUT2D eigenvalue weighted by molar-refractivity contribution is 5.00. The van der Waals surface area contributed by atoms with Crippen LogP contribution in [0.15, 0.2) is 4.52 Å². The van der Waals surface area contributed by atoms with Crippen LogP contribution < -0.4 is 5.32 Å². The summed E-state index contributed by atoms with van der Waals surface area (Å²) < 4.78 is 5.23. The van der Waals surface area contributed by atoms with Gasteiger partial charge >= 0.3 is 0 Å². The first kappa shape index (κ1) is 13.1. The molecule has 0 unspecified atom stereocenters. The molecule has 3 rings (SSSR count). The lowest BCUT2D eigenvalue weighted by atomic mass is 9.79. The molecule has 106 valence electrons. The van der Waals surface area contributed by atoms with Crippen molar-refractivity contribution in [3.63, 3.8) is 0 Å². The van der Waals surface area contributed by atoms with Crippen LogP contribution in [-0.2, 0) is 13.0 Å². The van der Waals surface area contributed by atoms with E-state index in [4.69, 9.17) is 4.52 Å². The van der Waals surface area contributed by atoms with E-state index in [2.05, 4.69) is 20.4 Å². The quantitative estimate of drug-likeness (QED) is 0.901. The molecule has 1 saturated carbocycles. The summed E-state index contributed by atoms with van der Waals surface area (Å²) in [6, 6.07) is 0. The first-order valence-corrected chi connectivity index (χ1v) is 7.60. The second-order valence-corrected chi connectivity index (χ2v) is 5.84. The third-order valence-corrected chi connectivity index (χ3v) is 4.61. The molecule has 1 aromatic heterocycles. The van der Waals surface area contributed by atoms with Crippen LogP contribution in [0, 0.1) is 0 Å². The van der Waals surface area contributed by atoms with E-state index in [1.54, 1.807) is 0 Å². The van der Waals surface area contributed by atoms with Crippen LogP contribution >= 0.6 is 0 Å². The predicted molar refractivity (Wildman–Crippen MR) is 72.8 cm³/mol. The summed E-state index contributed by atoms with van der Waals surface area (Å²) in [4.78, 5) is 7.05. The Kier molecular flexibility index (Phi) is 3.84. The van der Waals surface area contributed by atoms with Crippen LogP contribution in [-0.4, -0.2) is 40.2 Å². The minimum atomic E-state index is 0.337. The molecule has 2 heterocycles. The second-order valence-electron chi connectivity index (χ2n) is 5.84. The highest BCUT2D eigenvalue weighted by atomic mass is 16.5. The van der Waals surface area contributed by atoms with Crippen LogP contribution in [0.1, 0.15) is 50.7 Å². The molecule has 5 nitrogen and oxygen atoms in total. The molecule has 0 aromatic carbocycles.